The molecule has 5 nitrogen and oxygen atoms in total. The highest BCUT2D eigenvalue weighted by atomic mass is 16.5. The number of nitrogens with one attached hydrogen (secondary N) is 1. The number of furan rings is 1. The standard InChI is InChI=1S/C15H19NO4/c1-19-9-5-4-8-16-10-13-14(15(17)18)11-6-2-3-7-12(11)20-13/h2-3,6-7,16H,4-5,8-10H2,1H3,(H,17,18). The number of unbranched alkanes of at least 4 members (excludes halogenated alkanes) is 1. The summed E-state index contributed by atoms with van der Waals surface area (Å²) in [5.74, 6) is -0.475. The number of carboxylic acid groups (broad SMARTS) is 1. The fourth-order valence-corrected chi connectivity index (χ4v) is 2.15. The number of hydrogen-bond acceptors (Lipinski definition) is 4. The van der Waals surface area contributed by atoms with Crippen LogP contribution in [0.5, 0.6) is 0 Å². The summed E-state index contributed by atoms with van der Waals surface area (Å²) in [6, 6.07) is 7.19. The first-order chi connectivity index (χ1) is 9.74. The number of benzene rings is 1. The zero-order chi connectivity index (χ0) is 14.4. The van der Waals surface area contributed by atoms with Gasteiger partial charge in [-0.25, -0.2) is 4.79 Å². The van der Waals surface area contributed by atoms with Gasteiger partial charge in [0.2, 0.25) is 0 Å². The molecule has 0 spiro atoms. The van der Waals surface area contributed by atoms with Gasteiger partial charge < -0.3 is 19.6 Å². The van der Waals surface area contributed by atoms with Crippen LogP contribution in [0.1, 0.15) is 29.0 Å². The van der Waals surface area contributed by atoms with Crippen LogP contribution in [-0.4, -0.2) is 31.3 Å². The number of carboxylic acids is 1. The van der Waals surface area contributed by atoms with Crippen LogP contribution in [0.25, 0.3) is 11.0 Å². The van der Waals surface area contributed by atoms with E-state index in [1.54, 1.807) is 19.2 Å². The molecule has 0 aliphatic carbocycles. The molecule has 0 radical (unpaired) electrons. The minimum atomic E-state index is -0.953. The van der Waals surface area contributed by atoms with Crippen molar-refractivity contribution in [1.82, 2.24) is 5.32 Å². The van der Waals surface area contributed by atoms with E-state index in [0.717, 1.165) is 26.0 Å². The Bertz CT molecular complexity index is 576. The Morgan fingerprint density at radius 1 is 1.35 bits per heavy atom. The van der Waals surface area contributed by atoms with E-state index in [9.17, 15) is 9.90 Å². The van der Waals surface area contributed by atoms with Crippen molar-refractivity contribution in [1.29, 1.82) is 0 Å². The van der Waals surface area contributed by atoms with E-state index >= 15 is 0 Å². The van der Waals surface area contributed by atoms with Crippen molar-refractivity contribution in [2.75, 3.05) is 20.3 Å². The molecule has 5 heteroatoms. The van der Waals surface area contributed by atoms with E-state index in [2.05, 4.69) is 5.32 Å². The average molecular weight is 277 g/mol. The SMILES string of the molecule is COCCCCNCc1oc2ccccc2c1C(=O)O. The van der Waals surface area contributed by atoms with Gasteiger partial charge in [0.15, 0.2) is 0 Å². The summed E-state index contributed by atoms with van der Waals surface area (Å²) in [6.07, 6.45) is 1.96. The van der Waals surface area contributed by atoms with Gasteiger partial charge in [-0.1, -0.05) is 18.2 Å². The molecule has 0 atom stereocenters. The van der Waals surface area contributed by atoms with Crippen LogP contribution in [0.3, 0.4) is 0 Å². The Balaban J connectivity index is 2.02. The summed E-state index contributed by atoms with van der Waals surface area (Å²) in [7, 11) is 1.68. The van der Waals surface area contributed by atoms with Gasteiger partial charge in [-0.2, -0.15) is 0 Å². The van der Waals surface area contributed by atoms with Gasteiger partial charge in [0.05, 0.1) is 6.54 Å². The van der Waals surface area contributed by atoms with Gasteiger partial charge in [0.25, 0.3) is 0 Å². The van der Waals surface area contributed by atoms with Crippen LogP contribution in [-0.2, 0) is 11.3 Å². The molecule has 0 amide bonds. The van der Waals surface area contributed by atoms with Crippen molar-refractivity contribution in [2.45, 2.75) is 19.4 Å². The molecule has 2 aromatic rings. The molecular formula is C15H19NO4. The first-order valence-electron chi connectivity index (χ1n) is 6.67. The molecule has 1 aromatic carbocycles. The number of para-hydroxylation sites is 1. The van der Waals surface area contributed by atoms with Gasteiger partial charge in [-0.3, -0.25) is 0 Å². The van der Waals surface area contributed by atoms with Crippen LogP contribution in [0.2, 0.25) is 0 Å². The Morgan fingerprint density at radius 2 is 2.15 bits per heavy atom. The third kappa shape index (κ3) is 3.37. The number of rotatable bonds is 8. The fourth-order valence-electron chi connectivity index (χ4n) is 2.15. The summed E-state index contributed by atoms with van der Waals surface area (Å²) in [5.41, 5.74) is 0.867. The normalized spacial score (nSPS) is 11.1. The lowest BCUT2D eigenvalue weighted by atomic mass is 10.1. The smallest absolute Gasteiger partial charge is 0.339 e. The summed E-state index contributed by atoms with van der Waals surface area (Å²) >= 11 is 0. The Kier molecular flexibility index (Phi) is 5.15. The highest BCUT2D eigenvalue weighted by Gasteiger charge is 2.19. The lowest BCUT2D eigenvalue weighted by Gasteiger charge is -2.03. The third-order valence-electron chi connectivity index (χ3n) is 3.12. The maximum Gasteiger partial charge on any atom is 0.339 e. The molecule has 0 aliphatic rings. The monoisotopic (exact) mass is 277 g/mol. The molecule has 0 saturated heterocycles. The average Bonchev–Trinajstić information content (AvgIpc) is 2.81. The number of fused-ring (bicyclic) bond motifs is 1. The highest BCUT2D eigenvalue weighted by molar-refractivity contribution is 6.03. The number of aromatic carboxylic acids is 1. The van der Waals surface area contributed by atoms with E-state index in [1.165, 1.54) is 0 Å². The summed E-state index contributed by atoms with van der Waals surface area (Å²) in [6.45, 7) is 1.97. The molecule has 2 rings (SSSR count). The first kappa shape index (κ1) is 14.6. The lowest BCUT2D eigenvalue weighted by Crippen LogP contribution is -2.16. The molecule has 0 unspecified atom stereocenters. The van der Waals surface area contributed by atoms with Gasteiger partial charge >= 0.3 is 5.97 Å². The van der Waals surface area contributed by atoms with E-state index in [4.69, 9.17) is 9.15 Å². The summed E-state index contributed by atoms with van der Waals surface area (Å²) in [5, 5.41) is 13.2. The molecular weight excluding hydrogens is 258 g/mol. The van der Waals surface area contributed by atoms with Crippen LogP contribution >= 0.6 is 0 Å². The molecule has 2 N–H and O–H groups in total. The summed E-state index contributed by atoms with van der Waals surface area (Å²) in [4.78, 5) is 11.4. The molecule has 0 fully saturated rings. The van der Waals surface area contributed by atoms with Crippen LogP contribution in [0.4, 0.5) is 0 Å². The van der Waals surface area contributed by atoms with Gasteiger partial charge in [0, 0.05) is 19.1 Å². The zero-order valence-corrected chi connectivity index (χ0v) is 11.5. The third-order valence-corrected chi connectivity index (χ3v) is 3.12. The van der Waals surface area contributed by atoms with Crippen molar-refractivity contribution < 1.29 is 19.1 Å². The van der Waals surface area contributed by atoms with Crippen molar-refractivity contribution in [3.8, 4) is 0 Å². The number of hydrogen-bond donors (Lipinski definition) is 2. The number of ether oxygens (including phenoxy) is 1. The molecule has 1 heterocycles. The Hall–Kier alpha value is -1.85. The summed E-state index contributed by atoms with van der Waals surface area (Å²) < 4.78 is 10.6. The van der Waals surface area contributed by atoms with E-state index in [0.29, 0.717) is 23.3 Å². The molecule has 0 saturated carbocycles. The minimum absolute atomic E-state index is 0.255. The topological polar surface area (TPSA) is 71.7 Å². The van der Waals surface area contributed by atoms with Crippen molar-refractivity contribution in [3.63, 3.8) is 0 Å². The van der Waals surface area contributed by atoms with Crippen LogP contribution in [0, 0.1) is 0 Å². The maximum absolute atomic E-state index is 11.4. The van der Waals surface area contributed by atoms with Gasteiger partial charge in [-0.15, -0.1) is 0 Å². The second kappa shape index (κ2) is 7.07. The minimum Gasteiger partial charge on any atom is -0.478 e. The van der Waals surface area contributed by atoms with Crippen LogP contribution in [0.15, 0.2) is 28.7 Å². The molecule has 1 aromatic heterocycles. The van der Waals surface area contributed by atoms with E-state index in [-0.39, 0.29) is 5.56 Å². The highest BCUT2D eigenvalue weighted by Crippen LogP contribution is 2.25. The fraction of sp³-hybridized carbons (Fsp3) is 0.400. The Morgan fingerprint density at radius 3 is 2.90 bits per heavy atom. The van der Waals surface area contributed by atoms with Crippen molar-refractivity contribution in [3.05, 3.63) is 35.6 Å². The molecule has 20 heavy (non-hydrogen) atoms. The zero-order valence-electron chi connectivity index (χ0n) is 11.5. The van der Waals surface area contributed by atoms with Crippen molar-refractivity contribution in [2.24, 2.45) is 0 Å². The molecule has 0 bridgehead atoms. The second-order valence-corrected chi connectivity index (χ2v) is 4.58. The van der Waals surface area contributed by atoms with E-state index < -0.39 is 5.97 Å². The van der Waals surface area contributed by atoms with E-state index in [1.807, 2.05) is 12.1 Å². The van der Waals surface area contributed by atoms with Gasteiger partial charge in [-0.05, 0) is 25.5 Å². The molecule has 0 aliphatic heterocycles. The predicted molar refractivity (Wildman–Crippen MR) is 76.0 cm³/mol. The quantitative estimate of drug-likeness (QED) is 0.726. The maximum atomic E-state index is 11.4. The number of methoxy groups -OCH3 is 1. The molecule has 108 valence electrons. The number of carbonyl (C=O) groups is 1. The predicted octanol–water partition coefficient (Wildman–Crippen LogP) is 2.65. The van der Waals surface area contributed by atoms with Gasteiger partial charge in [0.1, 0.15) is 16.9 Å². The first-order valence-corrected chi connectivity index (χ1v) is 6.67. The lowest BCUT2D eigenvalue weighted by molar-refractivity contribution is 0.0696. The Labute approximate surface area is 117 Å². The van der Waals surface area contributed by atoms with Crippen LogP contribution < -0.4 is 5.32 Å². The van der Waals surface area contributed by atoms with Crippen molar-refractivity contribution >= 4 is 16.9 Å². The second-order valence-electron chi connectivity index (χ2n) is 4.58. The largest absolute Gasteiger partial charge is 0.478 e.